The quantitative estimate of drug-likeness (QED) is 0.690. The van der Waals surface area contributed by atoms with Crippen LogP contribution in [-0.2, 0) is 6.42 Å². The Bertz CT molecular complexity index is 941. The van der Waals surface area contributed by atoms with Crippen molar-refractivity contribution in [1.29, 1.82) is 0 Å². The molecule has 0 saturated heterocycles. The zero-order valence-corrected chi connectivity index (χ0v) is 15.3. The van der Waals surface area contributed by atoms with Crippen LogP contribution < -0.4 is 10.6 Å². The maximum atomic E-state index is 13.6. The highest BCUT2D eigenvalue weighted by Gasteiger charge is 2.11. The molecule has 3 aromatic rings. The van der Waals surface area contributed by atoms with Gasteiger partial charge in [0.2, 0.25) is 0 Å². The van der Waals surface area contributed by atoms with Crippen molar-refractivity contribution in [3.05, 3.63) is 82.8 Å². The molecule has 138 valence electrons. The van der Waals surface area contributed by atoms with Crippen LogP contribution in [0, 0.1) is 19.7 Å². The molecule has 27 heavy (non-hydrogen) atoms. The Morgan fingerprint density at radius 1 is 1.00 bits per heavy atom. The van der Waals surface area contributed by atoms with Crippen molar-refractivity contribution in [2.24, 2.45) is 0 Å². The van der Waals surface area contributed by atoms with E-state index in [2.05, 4.69) is 20.8 Å². The van der Waals surface area contributed by atoms with Crippen LogP contribution in [0.1, 0.15) is 27.2 Å². The topological polar surface area (TPSA) is 66.9 Å². The van der Waals surface area contributed by atoms with E-state index < -0.39 is 0 Å². The van der Waals surface area contributed by atoms with Gasteiger partial charge in [-0.05, 0) is 61.2 Å². The first-order valence-corrected chi connectivity index (χ1v) is 8.73. The number of anilines is 2. The zero-order valence-electron chi connectivity index (χ0n) is 15.3. The summed E-state index contributed by atoms with van der Waals surface area (Å²) in [6.45, 7) is 4.47. The lowest BCUT2D eigenvalue weighted by Gasteiger charge is -2.10. The van der Waals surface area contributed by atoms with Gasteiger partial charge in [0, 0.05) is 12.2 Å². The molecule has 2 aromatic carbocycles. The van der Waals surface area contributed by atoms with Gasteiger partial charge in [0.1, 0.15) is 11.6 Å². The molecule has 0 unspecified atom stereocenters. The highest BCUT2D eigenvalue weighted by atomic mass is 19.1. The Morgan fingerprint density at radius 3 is 2.56 bits per heavy atom. The molecule has 0 radical (unpaired) electrons. The van der Waals surface area contributed by atoms with E-state index >= 15 is 0 Å². The van der Waals surface area contributed by atoms with Crippen LogP contribution in [0.3, 0.4) is 0 Å². The minimum Gasteiger partial charge on any atom is -0.368 e. The lowest BCUT2D eigenvalue weighted by atomic mass is 10.1. The lowest BCUT2D eigenvalue weighted by Crippen LogP contribution is -2.16. The molecule has 1 heterocycles. The van der Waals surface area contributed by atoms with Crippen LogP contribution >= 0.6 is 0 Å². The third-order valence-corrected chi connectivity index (χ3v) is 4.41. The molecule has 1 amide bonds. The summed E-state index contributed by atoms with van der Waals surface area (Å²) in [6, 6.07) is 15.7. The minimum atomic E-state index is -0.311. The van der Waals surface area contributed by atoms with Gasteiger partial charge in [-0.25, -0.2) is 4.39 Å². The van der Waals surface area contributed by atoms with E-state index in [4.69, 9.17) is 0 Å². The van der Waals surface area contributed by atoms with Gasteiger partial charge >= 0.3 is 0 Å². The van der Waals surface area contributed by atoms with E-state index in [1.54, 1.807) is 24.3 Å². The molecule has 5 nitrogen and oxygen atoms in total. The number of carbonyl (C=O) groups is 1. The summed E-state index contributed by atoms with van der Waals surface area (Å²) in [5.41, 5.74) is 3.76. The largest absolute Gasteiger partial charge is 0.368 e. The van der Waals surface area contributed by atoms with E-state index in [1.807, 2.05) is 38.1 Å². The molecule has 0 bridgehead atoms. The summed E-state index contributed by atoms with van der Waals surface area (Å²) < 4.78 is 13.6. The molecule has 0 aliphatic rings. The second-order valence-electron chi connectivity index (χ2n) is 6.27. The van der Waals surface area contributed by atoms with E-state index in [-0.39, 0.29) is 17.4 Å². The Balaban J connectivity index is 1.57. The summed E-state index contributed by atoms with van der Waals surface area (Å²) in [4.78, 5) is 12.3. The molecule has 0 aliphatic carbocycles. The molecule has 3 rings (SSSR count). The zero-order chi connectivity index (χ0) is 19.2. The number of benzene rings is 2. The fourth-order valence-electron chi connectivity index (χ4n) is 2.65. The summed E-state index contributed by atoms with van der Waals surface area (Å²) in [6.07, 6.45) is 0.531. The summed E-state index contributed by atoms with van der Waals surface area (Å²) in [5, 5.41) is 13.9. The maximum Gasteiger partial charge on any atom is 0.276 e. The standard InChI is InChI=1S/C21H21FN4O/c1-14-6-5-9-18(15(14)2)24-21(27)19-10-11-20(26-25-19)23-13-12-16-7-3-4-8-17(16)22/h3-11H,12-13H2,1-2H3,(H,23,26)(H,24,27). The number of nitrogens with one attached hydrogen (secondary N) is 2. The van der Waals surface area contributed by atoms with Crippen molar-refractivity contribution in [2.45, 2.75) is 20.3 Å². The van der Waals surface area contributed by atoms with Gasteiger partial charge in [0.25, 0.3) is 5.91 Å². The molecule has 0 fully saturated rings. The number of aryl methyl sites for hydroxylation is 1. The predicted molar refractivity (Wildman–Crippen MR) is 104 cm³/mol. The SMILES string of the molecule is Cc1cccc(NC(=O)c2ccc(NCCc3ccccc3F)nn2)c1C. The Labute approximate surface area is 157 Å². The van der Waals surface area contributed by atoms with Gasteiger partial charge in [0.15, 0.2) is 5.69 Å². The molecule has 6 heteroatoms. The molecular weight excluding hydrogens is 343 g/mol. The Morgan fingerprint density at radius 2 is 1.81 bits per heavy atom. The van der Waals surface area contributed by atoms with Crippen LogP contribution in [-0.4, -0.2) is 22.6 Å². The number of amides is 1. The smallest absolute Gasteiger partial charge is 0.276 e. The number of aromatic nitrogens is 2. The molecule has 2 N–H and O–H groups in total. The third-order valence-electron chi connectivity index (χ3n) is 4.41. The van der Waals surface area contributed by atoms with E-state index in [1.165, 1.54) is 6.07 Å². The third kappa shape index (κ3) is 4.67. The maximum absolute atomic E-state index is 13.6. The van der Waals surface area contributed by atoms with Gasteiger partial charge in [-0.15, -0.1) is 10.2 Å². The van der Waals surface area contributed by atoms with Crippen molar-refractivity contribution in [3.63, 3.8) is 0 Å². The first-order chi connectivity index (χ1) is 13.0. The first-order valence-electron chi connectivity index (χ1n) is 8.73. The predicted octanol–water partition coefficient (Wildman–Crippen LogP) is 4.14. The first kappa shape index (κ1) is 18.5. The number of hydrogen-bond acceptors (Lipinski definition) is 4. The molecule has 0 saturated carbocycles. The number of halogens is 1. The lowest BCUT2D eigenvalue weighted by molar-refractivity contribution is 0.102. The van der Waals surface area contributed by atoms with Crippen molar-refractivity contribution < 1.29 is 9.18 Å². The van der Waals surface area contributed by atoms with Crippen LogP contribution in [0.25, 0.3) is 0 Å². The van der Waals surface area contributed by atoms with E-state index in [9.17, 15) is 9.18 Å². The number of rotatable bonds is 6. The van der Waals surface area contributed by atoms with Gasteiger partial charge in [-0.1, -0.05) is 30.3 Å². The highest BCUT2D eigenvalue weighted by Crippen LogP contribution is 2.18. The second kappa shape index (κ2) is 8.40. The fraction of sp³-hybridized carbons (Fsp3) is 0.190. The van der Waals surface area contributed by atoms with E-state index in [0.717, 1.165) is 16.8 Å². The normalized spacial score (nSPS) is 10.5. The van der Waals surface area contributed by atoms with E-state index in [0.29, 0.717) is 24.3 Å². The summed E-state index contributed by atoms with van der Waals surface area (Å²) >= 11 is 0. The molecule has 1 aromatic heterocycles. The Hall–Kier alpha value is -3.28. The van der Waals surface area contributed by atoms with Gasteiger partial charge < -0.3 is 10.6 Å². The van der Waals surface area contributed by atoms with Crippen LogP contribution in [0.4, 0.5) is 15.9 Å². The number of nitrogens with zero attached hydrogens (tertiary/aromatic N) is 2. The summed E-state index contributed by atoms with van der Waals surface area (Å²) in [5.74, 6) is 0.00702. The van der Waals surface area contributed by atoms with Crippen LogP contribution in [0.2, 0.25) is 0 Å². The average Bonchev–Trinajstić information content (AvgIpc) is 2.67. The molecule has 0 aliphatic heterocycles. The van der Waals surface area contributed by atoms with Crippen molar-refractivity contribution in [3.8, 4) is 0 Å². The minimum absolute atomic E-state index is 0.219. The average molecular weight is 364 g/mol. The molecule has 0 spiro atoms. The molecular formula is C21H21FN4O. The Kier molecular flexibility index (Phi) is 5.76. The van der Waals surface area contributed by atoms with Gasteiger partial charge in [0.05, 0.1) is 0 Å². The second-order valence-corrected chi connectivity index (χ2v) is 6.27. The number of carbonyl (C=O) groups excluding carboxylic acids is 1. The fourth-order valence-corrected chi connectivity index (χ4v) is 2.65. The number of hydrogen-bond donors (Lipinski definition) is 2. The van der Waals surface area contributed by atoms with Crippen molar-refractivity contribution >= 4 is 17.4 Å². The molecule has 0 atom stereocenters. The van der Waals surface area contributed by atoms with Crippen molar-refractivity contribution in [2.75, 3.05) is 17.2 Å². The van der Waals surface area contributed by atoms with Crippen LogP contribution in [0.5, 0.6) is 0 Å². The van der Waals surface area contributed by atoms with Gasteiger partial charge in [-0.2, -0.15) is 0 Å². The summed E-state index contributed by atoms with van der Waals surface area (Å²) in [7, 11) is 0. The van der Waals surface area contributed by atoms with Crippen LogP contribution in [0.15, 0.2) is 54.6 Å². The van der Waals surface area contributed by atoms with Crippen molar-refractivity contribution in [1.82, 2.24) is 10.2 Å². The van der Waals surface area contributed by atoms with Gasteiger partial charge in [-0.3, -0.25) is 4.79 Å². The highest BCUT2D eigenvalue weighted by molar-refractivity contribution is 6.03. The monoisotopic (exact) mass is 364 g/mol.